The number of Topliss-reactive ketones (excluding diaryl/α,β-unsaturated/α-hetero) is 1. The summed E-state index contributed by atoms with van der Waals surface area (Å²) in [5.41, 5.74) is 11.8. The number of nitrogens with zero attached hydrogens (tertiary/aromatic N) is 1. The molecule has 2 atom stereocenters. The Hall–Kier alpha value is -2.45. The van der Waals surface area contributed by atoms with E-state index in [4.69, 9.17) is 26.7 Å². The number of piperidine rings is 1. The topological polar surface area (TPSA) is 143 Å². The number of aliphatic carboxylic acids is 1. The Morgan fingerprint density at radius 2 is 1.85 bits per heavy atom. The van der Waals surface area contributed by atoms with Gasteiger partial charge in [0.2, 0.25) is 0 Å². The van der Waals surface area contributed by atoms with Gasteiger partial charge in [-0.3, -0.25) is 15.0 Å². The fourth-order valence-corrected chi connectivity index (χ4v) is 3.24. The quantitative estimate of drug-likeness (QED) is 0.369. The monoisotopic (exact) mass is 376 g/mol. The molecule has 1 aromatic carbocycles. The van der Waals surface area contributed by atoms with Gasteiger partial charge in [0.1, 0.15) is 17.7 Å². The van der Waals surface area contributed by atoms with Gasteiger partial charge in [-0.25, -0.2) is 0 Å². The van der Waals surface area contributed by atoms with E-state index in [1.54, 1.807) is 24.3 Å². The van der Waals surface area contributed by atoms with Crippen LogP contribution in [0.5, 0.6) is 5.75 Å². The first-order valence-electron chi connectivity index (χ1n) is 9.06. The second-order valence-corrected chi connectivity index (χ2v) is 7.11. The van der Waals surface area contributed by atoms with Gasteiger partial charge in [0.15, 0.2) is 5.78 Å². The van der Waals surface area contributed by atoms with Crippen LogP contribution in [0.4, 0.5) is 0 Å². The average molecular weight is 376 g/mol. The Balaban J connectivity index is 2.10. The molecule has 0 aliphatic carbocycles. The number of carboxylic acids is 1. The summed E-state index contributed by atoms with van der Waals surface area (Å²) in [7, 11) is 2.06. The number of carboxylic acid groups (broad SMARTS) is 1. The molecular formula is C19H28N4O4. The fourth-order valence-electron chi connectivity index (χ4n) is 3.24. The first-order valence-corrected chi connectivity index (χ1v) is 9.06. The van der Waals surface area contributed by atoms with Gasteiger partial charge in [-0.05, 0) is 63.2 Å². The molecule has 6 N–H and O–H groups in total. The standard InChI is InChI=1S/C19H28N4O4/c1-23-8-6-12(7-9-23)17(11-16(24)15(20)10-18(25)26)27-14-4-2-13(3-5-14)19(21)22/h2-5,12,15,17H,6-11,20H2,1H3,(H3,21,22)(H,25,26)/t15-,17-/m0/s1. The lowest BCUT2D eigenvalue weighted by Gasteiger charge is -2.34. The van der Waals surface area contributed by atoms with Crippen LogP contribution < -0.4 is 16.2 Å². The van der Waals surface area contributed by atoms with Crippen molar-refractivity contribution in [3.63, 3.8) is 0 Å². The molecule has 1 fully saturated rings. The molecule has 0 bridgehead atoms. The average Bonchev–Trinajstić information content (AvgIpc) is 2.61. The first-order chi connectivity index (χ1) is 12.8. The van der Waals surface area contributed by atoms with Crippen LogP contribution >= 0.6 is 0 Å². The Morgan fingerprint density at radius 3 is 2.37 bits per heavy atom. The van der Waals surface area contributed by atoms with Crippen LogP contribution in [0.1, 0.15) is 31.2 Å². The Labute approximate surface area is 159 Å². The van der Waals surface area contributed by atoms with Crippen molar-refractivity contribution in [1.29, 1.82) is 5.41 Å². The maximum Gasteiger partial charge on any atom is 0.305 e. The SMILES string of the molecule is CN1CCC([C@H](CC(=O)[C@@H](N)CC(=O)O)Oc2ccc(C(=N)N)cc2)CC1. The van der Waals surface area contributed by atoms with Gasteiger partial charge in [0.25, 0.3) is 0 Å². The number of ketones is 1. The molecule has 148 valence electrons. The summed E-state index contributed by atoms with van der Waals surface area (Å²) in [5.74, 6) is -0.643. The maximum absolute atomic E-state index is 12.4. The van der Waals surface area contributed by atoms with Crippen molar-refractivity contribution in [1.82, 2.24) is 4.90 Å². The molecule has 0 saturated carbocycles. The van der Waals surface area contributed by atoms with Gasteiger partial charge in [0, 0.05) is 12.0 Å². The lowest BCUT2D eigenvalue weighted by molar-refractivity contribution is -0.139. The third-order valence-corrected chi connectivity index (χ3v) is 4.95. The van der Waals surface area contributed by atoms with Crippen molar-refractivity contribution in [3.05, 3.63) is 29.8 Å². The van der Waals surface area contributed by atoms with E-state index in [1.165, 1.54) is 0 Å². The Kier molecular flexibility index (Phi) is 7.32. The molecule has 1 aliphatic heterocycles. The van der Waals surface area contributed by atoms with E-state index >= 15 is 0 Å². The predicted molar refractivity (Wildman–Crippen MR) is 102 cm³/mol. The molecule has 1 heterocycles. The molecule has 1 aliphatic rings. The predicted octanol–water partition coefficient (Wildman–Crippen LogP) is 0.821. The molecule has 1 saturated heterocycles. The van der Waals surface area contributed by atoms with Gasteiger partial charge in [0.05, 0.1) is 12.5 Å². The Bertz CT molecular complexity index is 669. The largest absolute Gasteiger partial charge is 0.490 e. The second-order valence-electron chi connectivity index (χ2n) is 7.11. The van der Waals surface area contributed by atoms with Gasteiger partial charge in [-0.2, -0.15) is 0 Å². The molecule has 1 aromatic rings. The summed E-state index contributed by atoms with van der Waals surface area (Å²) < 4.78 is 6.10. The van der Waals surface area contributed by atoms with Crippen LogP contribution in [0.15, 0.2) is 24.3 Å². The lowest BCUT2D eigenvalue weighted by Crippen LogP contribution is -2.42. The van der Waals surface area contributed by atoms with E-state index in [2.05, 4.69) is 11.9 Å². The summed E-state index contributed by atoms with van der Waals surface area (Å²) in [6, 6.07) is 5.81. The maximum atomic E-state index is 12.4. The molecule has 0 spiro atoms. The minimum atomic E-state index is -1.09. The fraction of sp³-hybridized carbons (Fsp3) is 0.526. The molecule has 0 amide bonds. The van der Waals surface area contributed by atoms with Crippen molar-refractivity contribution < 1.29 is 19.4 Å². The minimum absolute atomic E-state index is 0.0248. The molecule has 0 radical (unpaired) electrons. The summed E-state index contributed by atoms with van der Waals surface area (Å²) in [5, 5.41) is 16.3. The van der Waals surface area contributed by atoms with Crippen molar-refractivity contribution >= 4 is 17.6 Å². The van der Waals surface area contributed by atoms with Crippen molar-refractivity contribution in [2.24, 2.45) is 17.4 Å². The van der Waals surface area contributed by atoms with E-state index in [0.717, 1.165) is 25.9 Å². The summed E-state index contributed by atoms with van der Waals surface area (Å²) in [4.78, 5) is 25.5. The number of nitrogens with one attached hydrogen (secondary N) is 1. The zero-order chi connectivity index (χ0) is 20.0. The van der Waals surface area contributed by atoms with Crippen LogP contribution in [0.3, 0.4) is 0 Å². The number of carbonyl (C=O) groups excluding carboxylic acids is 1. The highest BCUT2D eigenvalue weighted by atomic mass is 16.5. The number of hydrogen-bond donors (Lipinski definition) is 4. The number of likely N-dealkylation sites (tertiary alicyclic amines) is 1. The van der Waals surface area contributed by atoms with Gasteiger partial charge in [-0.15, -0.1) is 0 Å². The molecule has 8 heteroatoms. The van der Waals surface area contributed by atoms with Gasteiger partial charge >= 0.3 is 5.97 Å². The second kappa shape index (κ2) is 9.48. The van der Waals surface area contributed by atoms with E-state index in [9.17, 15) is 9.59 Å². The van der Waals surface area contributed by atoms with Crippen LogP contribution in [-0.4, -0.2) is 59.9 Å². The van der Waals surface area contributed by atoms with Crippen LogP contribution in [-0.2, 0) is 9.59 Å². The van der Waals surface area contributed by atoms with E-state index in [1.807, 2.05) is 0 Å². The number of benzene rings is 1. The van der Waals surface area contributed by atoms with E-state index in [0.29, 0.717) is 11.3 Å². The zero-order valence-electron chi connectivity index (χ0n) is 15.6. The van der Waals surface area contributed by atoms with Crippen LogP contribution in [0, 0.1) is 11.3 Å². The van der Waals surface area contributed by atoms with Gasteiger partial charge < -0.3 is 26.2 Å². The summed E-state index contributed by atoms with van der Waals surface area (Å²) in [6.45, 7) is 1.84. The highest BCUT2D eigenvalue weighted by Crippen LogP contribution is 2.27. The summed E-state index contributed by atoms with van der Waals surface area (Å²) >= 11 is 0. The number of hydrogen-bond acceptors (Lipinski definition) is 6. The normalized spacial score (nSPS) is 17.9. The summed E-state index contributed by atoms with van der Waals surface area (Å²) in [6.07, 6.45) is 1.13. The number of nitrogen functional groups attached to an aromatic ring is 1. The third kappa shape index (κ3) is 6.33. The molecule has 0 unspecified atom stereocenters. The van der Waals surface area contributed by atoms with E-state index < -0.39 is 12.0 Å². The molecule has 2 rings (SSSR count). The minimum Gasteiger partial charge on any atom is -0.490 e. The third-order valence-electron chi connectivity index (χ3n) is 4.95. The van der Waals surface area contributed by atoms with Crippen LogP contribution in [0.25, 0.3) is 0 Å². The number of carbonyl (C=O) groups is 2. The Morgan fingerprint density at radius 1 is 1.26 bits per heavy atom. The number of amidine groups is 1. The lowest BCUT2D eigenvalue weighted by atomic mass is 9.87. The number of nitrogens with two attached hydrogens (primary N) is 2. The zero-order valence-corrected chi connectivity index (χ0v) is 15.6. The highest BCUT2D eigenvalue weighted by molar-refractivity contribution is 5.95. The van der Waals surface area contributed by atoms with Crippen molar-refractivity contribution in [2.45, 2.75) is 37.8 Å². The first kappa shape index (κ1) is 20.9. The molecular weight excluding hydrogens is 348 g/mol. The molecule has 8 nitrogen and oxygen atoms in total. The van der Waals surface area contributed by atoms with Crippen LogP contribution in [0.2, 0.25) is 0 Å². The van der Waals surface area contributed by atoms with E-state index in [-0.39, 0.29) is 36.5 Å². The smallest absolute Gasteiger partial charge is 0.305 e. The molecule has 27 heavy (non-hydrogen) atoms. The highest BCUT2D eigenvalue weighted by Gasteiger charge is 2.31. The van der Waals surface area contributed by atoms with Crippen molar-refractivity contribution in [2.75, 3.05) is 20.1 Å². The molecule has 0 aromatic heterocycles. The van der Waals surface area contributed by atoms with Gasteiger partial charge in [-0.1, -0.05) is 0 Å². The number of rotatable bonds is 9. The van der Waals surface area contributed by atoms with Crippen molar-refractivity contribution in [3.8, 4) is 5.75 Å². The number of ether oxygens (including phenoxy) is 1.